The molecule has 0 aliphatic heterocycles. The molecule has 0 saturated heterocycles. The van der Waals surface area contributed by atoms with Gasteiger partial charge >= 0.3 is 0 Å². The monoisotopic (exact) mass is 386 g/mol. The number of rotatable bonds is 3. The standard InChI is InChI=1S/C13H9Br2FN2O/c14-7-4-5-10(9(16)6-7)19-11-3-1-2-8(15)12(11)13(17)18/h1-6H,(H3,17,18). The molecule has 0 atom stereocenters. The maximum absolute atomic E-state index is 13.7. The van der Waals surface area contributed by atoms with Crippen LogP contribution in [0.3, 0.4) is 0 Å². The number of nitrogen functional groups attached to an aromatic ring is 1. The molecule has 98 valence electrons. The van der Waals surface area contributed by atoms with E-state index in [-0.39, 0.29) is 11.6 Å². The predicted octanol–water partition coefficient (Wildman–Crippen LogP) is 4.43. The molecule has 0 aliphatic rings. The van der Waals surface area contributed by atoms with E-state index < -0.39 is 5.82 Å². The molecule has 2 rings (SSSR count). The van der Waals surface area contributed by atoms with Crippen LogP contribution < -0.4 is 10.5 Å². The fourth-order valence-electron chi connectivity index (χ4n) is 1.53. The van der Waals surface area contributed by atoms with Crippen LogP contribution in [-0.4, -0.2) is 5.84 Å². The van der Waals surface area contributed by atoms with Crippen molar-refractivity contribution < 1.29 is 9.13 Å². The number of hydrogen-bond donors (Lipinski definition) is 2. The summed E-state index contributed by atoms with van der Waals surface area (Å²) in [5, 5.41) is 7.54. The first-order chi connectivity index (χ1) is 8.99. The number of amidine groups is 1. The molecule has 0 bridgehead atoms. The highest BCUT2D eigenvalue weighted by atomic mass is 79.9. The van der Waals surface area contributed by atoms with Crippen LogP contribution in [0.4, 0.5) is 4.39 Å². The number of halogens is 3. The largest absolute Gasteiger partial charge is 0.453 e. The zero-order valence-electron chi connectivity index (χ0n) is 9.58. The van der Waals surface area contributed by atoms with Crippen molar-refractivity contribution in [1.29, 1.82) is 5.41 Å². The van der Waals surface area contributed by atoms with Crippen molar-refractivity contribution in [3.63, 3.8) is 0 Å². The first-order valence-electron chi connectivity index (χ1n) is 5.25. The molecule has 0 heterocycles. The lowest BCUT2D eigenvalue weighted by Gasteiger charge is -2.12. The third-order valence-corrected chi connectivity index (χ3v) is 3.51. The normalized spacial score (nSPS) is 10.3. The second-order valence-electron chi connectivity index (χ2n) is 3.70. The molecule has 19 heavy (non-hydrogen) atoms. The number of nitrogens with two attached hydrogens (primary N) is 1. The van der Waals surface area contributed by atoms with E-state index in [1.54, 1.807) is 24.3 Å². The van der Waals surface area contributed by atoms with Crippen molar-refractivity contribution in [3.8, 4) is 11.5 Å². The summed E-state index contributed by atoms with van der Waals surface area (Å²) in [6.07, 6.45) is 0. The van der Waals surface area contributed by atoms with Crippen LogP contribution in [-0.2, 0) is 0 Å². The van der Waals surface area contributed by atoms with Gasteiger partial charge in [0.15, 0.2) is 11.6 Å². The molecular formula is C13H9Br2FN2O. The average molecular weight is 388 g/mol. The van der Waals surface area contributed by atoms with Gasteiger partial charge in [-0.3, -0.25) is 5.41 Å². The minimum Gasteiger partial charge on any atom is -0.453 e. The van der Waals surface area contributed by atoms with E-state index in [0.29, 0.717) is 20.3 Å². The summed E-state index contributed by atoms with van der Waals surface area (Å²) in [4.78, 5) is 0. The van der Waals surface area contributed by atoms with Crippen LogP contribution in [0.1, 0.15) is 5.56 Å². The second kappa shape index (κ2) is 5.71. The van der Waals surface area contributed by atoms with Crippen LogP contribution in [0.5, 0.6) is 11.5 Å². The number of nitrogens with one attached hydrogen (secondary N) is 1. The van der Waals surface area contributed by atoms with Crippen LogP contribution in [0.2, 0.25) is 0 Å². The topological polar surface area (TPSA) is 59.1 Å². The summed E-state index contributed by atoms with van der Waals surface area (Å²) in [6, 6.07) is 9.57. The Bertz CT molecular complexity index is 647. The molecular weight excluding hydrogens is 379 g/mol. The smallest absolute Gasteiger partial charge is 0.166 e. The Morgan fingerprint density at radius 1 is 1.16 bits per heavy atom. The maximum atomic E-state index is 13.7. The maximum Gasteiger partial charge on any atom is 0.166 e. The number of ether oxygens (including phenoxy) is 1. The second-order valence-corrected chi connectivity index (χ2v) is 5.47. The van der Waals surface area contributed by atoms with Crippen molar-refractivity contribution in [2.24, 2.45) is 5.73 Å². The van der Waals surface area contributed by atoms with Crippen molar-refractivity contribution in [2.45, 2.75) is 0 Å². The summed E-state index contributed by atoms with van der Waals surface area (Å²) in [5.74, 6) is -0.254. The molecule has 0 saturated carbocycles. The zero-order valence-corrected chi connectivity index (χ0v) is 12.8. The van der Waals surface area contributed by atoms with Gasteiger partial charge in [-0.25, -0.2) is 4.39 Å². The lowest BCUT2D eigenvalue weighted by atomic mass is 10.2. The fourth-order valence-corrected chi connectivity index (χ4v) is 2.42. The predicted molar refractivity (Wildman–Crippen MR) is 79.3 cm³/mol. The van der Waals surface area contributed by atoms with Gasteiger partial charge in [0.1, 0.15) is 11.6 Å². The van der Waals surface area contributed by atoms with Crippen LogP contribution in [0, 0.1) is 11.2 Å². The lowest BCUT2D eigenvalue weighted by Crippen LogP contribution is -2.13. The van der Waals surface area contributed by atoms with E-state index >= 15 is 0 Å². The summed E-state index contributed by atoms with van der Waals surface area (Å²) < 4.78 is 20.5. The molecule has 3 nitrogen and oxygen atoms in total. The fraction of sp³-hybridized carbons (Fsp3) is 0. The van der Waals surface area contributed by atoms with Gasteiger partial charge in [0, 0.05) is 8.95 Å². The van der Waals surface area contributed by atoms with E-state index in [9.17, 15) is 4.39 Å². The third kappa shape index (κ3) is 3.13. The Morgan fingerprint density at radius 2 is 1.89 bits per heavy atom. The van der Waals surface area contributed by atoms with Crippen LogP contribution in [0.15, 0.2) is 45.3 Å². The summed E-state index contributed by atoms with van der Waals surface area (Å²) in [5.41, 5.74) is 5.90. The highest BCUT2D eigenvalue weighted by Gasteiger charge is 2.13. The van der Waals surface area contributed by atoms with Crippen molar-refractivity contribution in [2.75, 3.05) is 0 Å². The number of benzene rings is 2. The first kappa shape index (κ1) is 14.0. The van der Waals surface area contributed by atoms with Gasteiger partial charge in [-0.2, -0.15) is 0 Å². The Morgan fingerprint density at radius 3 is 2.53 bits per heavy atom. The van der Waals surface area contributed by atoms with E-state index in [4.69, 9.17) is 15.9 Å². The van der Waals surface area contributed by atoms with Crippen molar-refractivity contribution in [3.05, 3.63) is 56.7 Å². The van der Waals surface area contributed by atoms with Gasteiger partial charge in [0.25, 0.3) is 0 Å². The van der Waals surface area contributed by atoms with Gasteiger partial charge in [-0.1, -0.05) is 22.0 Å². The highest BCUT2D eigenvalue weighted by Crippen LogP contribution is 2.32. The van der Waals surface area contributed by atoms with Crippen LogP contribution >= 0.6 is 31.9 Å². The summed E-state index contributed by atoms with van der Waals surface area (Å²) in [7, 11) is 0. The Labute approximate surface area is 126 Å². The summed E-state index contributed by atoms with van der Waals surface area (Å²) in [6.45, 7) is 0. The molecule has 0 spiro atoms. The lowest BCUT2D eigenvalue weighted by molar-refractivity contribution is 0.441. The molecule has 6 heteroatoms. The minimum absolute atomic E-state index is 0.0730. The van der Waals surface area contributed by atoms with Gasteiger partial charge in [0.2, 0.25) is 0 Å². The quantitative estimate of drug-likeness (QED) is 0.604. The zero-order chi connectivity index (χ0) is 14.0. The van der Waals surface area contributed by atoms with Crippen LogP contribution in [0.25, 0.3) is 0 Å². The molecule has 3 N–H and O–H groups in total. The van der Waals surface area contributed by atoms with Crippen molar-refractivity contribution >= 4 is 37.7 Å². The van der Waals surface area contributed by atoms with Gasteiger partial charge in [0.05, 0.1) is 5.56 Å². The number of hydrogen-bond acceptors (Lipinski definition) is 2. The Balaban J connectivity index is 2.44. The van der Waals surface area contributed by atoms with Gasteiger partial charge in [-0.15, -0.1) is 0 Å². The molecule has 0 unspecified atom stereocenters. The summed E-state index contributed by atoms with van der Waals surface area (Å²) >= 11 is 6.46. The minimum atomic E-state index is -0.496. The van der Waals surface area contributed by atoms with E-state index in [1.807, 2.05) is 0 Å². The first-order valence-corrected chi connectivity index (χ1v) is 6.83. The van der Waals surface area contributed by atoms with E-state index in [2.05, 4.69) is 31.9 Å². The Kier molecular flexibility index (Phi) is 4.21. The van der Waals surface area contributed by atoms with Crippen molar-refractivity contribution in [1.82, 2.24) is 0 Å². The Hall–Kier alpha value is -1.40. The van der Waals surface area contributed by atoms with Gasteiger partial charge < -0.3 is 10.5 Å². The van der Waals surface area contributed by atoms with E-state index in [1.165, 1.54) is 12.1 Å². The third-order valence-electron chi connectivity index (χ3n) is 2.36. The molecule has 0 radical (unpaired) electrons. The van der Waals surface area contributed by atoms with E-state index in [0.717, 1.165) is 0 Å². The molecule has 2 aromatic rings. The molecule has 2 aromatic carbocycles. The molecule has 0 fully saturated rings. The molecule has 0 aromatic heterocycles. The molecule has 0 amide bonds. The average Bonchev–Trinajstić information content (AvgIpc) is 2.32. The highest BCUT2D eigenvalue weighted by molar-refractivity contribution is 9.10. The SMILES string of the molecule is N=C(N)c1c(Br)cccc1Oc1ccc(Br)cc1F. The van der Waals surface area contributed by atoms with Gasteiger partial charge in [-0.05, 0) is 46.3 Å². The molecule has 0 aliphatic carbocycles.